The Morgan fingerprint density at radius 2 is 1.72 bits per heavy atom. The van der Waals surface area contributed by atoms with Crippen LogP contribution in [-0.4, -0.2) is 40.3 Å². The minimum atomic E-state index is -3.63. The van der Waals surface area contributed by atoms with Crippen molar-refractivity contribution < 1.29 is 22.7 Å². The number of hydrogen-bond donors (Lipinski definition) is 1. The fourth-order valence-electron chi connectivity index (χ4n) is 3.39. The van der Waals surface area contributed by atoms with E-state index in [-0.39, 0.29) is 18.5 Å². The van der Waals surface area contributed by atoms with Crippen LogP contribution in [0.5, 0.6) is 11.5 Å². The summed E-state index contributed by atoms with van der Waals surface area (Å²) < 4.78 is 37.1. The van der Waals surface area contributed by atoms with Crippen molar-refractivity contribution in [3.8, 4) is 11.5 Å². The van der Waals surface area contributed by atoms with E-state index < -0.39 is 10.0 Å². The zero-order valence-corrected chi connectivity index (χ0v) is 17.9. The molecule has 2 aromatic rings. The van der Waals surface area contributed by atoms with Crippen molar-refractivity contribution in [2.45, 2.75) is 26.8 Å². The number of anilines is 1. The Bertz CT molecular complexity index is 999. The molecule has 0 bridgehead atoms. The number of sulfonamides is 1. The first-order valence-corrected chi connectivity index (χ1v) is 11.2. The summed E-state index contributed by atoms with van der Waals surface area (Å²) in [5.41, 5.74) is 2.98. The Morgan fingerprint density at radius 1 is 1.10 bits per heavy atom. The number of benzene rings is 2. The Balaban J connectivity index is 1.77. The number of nitrogens with zero attached hydrogens (tertiary/aromatic N) is 1. The number of amides is 1. The smallest absolute Gasteiger partial charge is 0.241 e. The predicted molar refractivity (Wildman–Crippen MR) is 112 cm³/mol. The van der Waals surface area contributed by atoms with Crippen LogP contribution in [0.4, 0.5) is 5.69 Å². The molecule has 156 valence electrons. The zero-order chi connectivity index (χ0) is 21.2. The van der Waals surface area contributed by atoms with Crippen LogP contribution >= 0.6 is 0 Å². The molecule has 1 N–H and O–H groups in total. The molecule has 0 fully saturated rings. The van der Waals surface area contributed by atoms with Crippen LogP contribution in [0.25, 0.3) is 0 Å². The average Bonchev–Trinajstić information content (AvgIpc) is 2.65. The molecule has 1 amide bonds. The Kier molecular flexibility index (Phi) is 6.02. The van der Waals surface area contributed by atoms with E-state index in [0.29, 0.717) is 30.4 Å². The maximum absolute atomic E-state index is 12.7. The van der Waals surface area contributed by atoms with Crippen LogP contribution in [0.3, 0.4) is 0 Å². The lowest BCUT2D eigenvalue weighted by Crippen LogP contribution is -2.41. The molecule has 29 heavy (non-hydrogen) atoms. The number of aryl methyl sites for hydroxylation is 2. The normalized spacial score (nSPS) is 14.2. The minimum Gasteiger partial charge on any atom is -0.486 e. The van der Waals surface area contributed by atoms with E-state index in [2.05, 4.69) is 5.32 Å². The Labute approximate surface area is 171 Å². The Hall–Kier alpha value is -2.74. The SMILES string of the molecule is Cc1cccc(C)c1N(CC(=O)N[C@@H](C)c1ccc2c(c1)OCCO2)S(C)(=O)=O. The Morgan fingerprint density at radius 3 is 2.34 bits per heavy atom. The molecule has 0 saturated carbocycles. The van der Waals surface area contributed by atoms with Crippen LogP contribution in [-0.2, 0) is 14.8 Å². The van der Waals surface area contributed by atoms with Gasteiger partial charge in [-0.1, -0.05) is 24.3 Å². The molecule has 0 aliphatic carbocycles. The third-order valence-electron chi connectivity index (χ3n) is 4.82. The van der Waals surface area contributed by atoms with Crippen LogP contribution in [0, 0.1) is 13.8 Å². The molecular weight excluding hydrogens is 392 g/mol. The number of hydrogen-bond acceptors (Lipinski definition) is 5. The molecule has 1 heterocycles. The van der Waals surface area contributed by atoms with E-state index in [4.69, 9.17) is 9.47 Å². The first-order valence-electron chi connectivity index (χ1n) is 9.39. The third-order valence-corrected chi connectivity index (χ3v) is 5.93. The van der Waals surface area contributed by atoms with Crippen molar-refractivity contribution in [2.24, 2.45) is 0 Å². The van der Waals surface area contributed by atoms with E-state index >= 15 is 0 Å². The van der Waals surface area contributed by atoms with E-state index in [0.717, 1.165) is 27.3 Å². The highest BCUT2D eigenvalue weighted by atomic mass is 32.2. The number of carbonyl (C=O) groups is 1. The van der Waals surface area contributed by atoms with Crippen LogP contribution in [0.1, 0.15) is 29.7 Å². The highest BCUT2D eigenvalue weighted by Gasteiger charge is 2.25. The summed E-state index contributed by atoms with van der Waals surface area (Å²) in [5, 5.41) is 2.87. The second-order valence-electron chi connectivity index (χ2n) is 7.20. The van der Waals surface area contributed by atoms with E-state index in [1.54, 1.807) is 0 Å². The lowest BCUT2D eigenvalue weighted by atomic mass is 10.1. The second-order valence-corrected chi connectivity index (χ2v) is 9.11. The van der Waals surface area contributed by atoms with Gasteiger partial charge >= 0.3 is 0 Å². The molecule has 1 atom stereocenters. The fraction of sp³-hybridized carbons (Fsp3) is 0.381. The molecule has 0 saturated heterocycles. The van der Waals surface area contributed by atoms with E-state index in [9.17, 15) is 13.2 Å². The van der Waals surface area contributed by atoms with Crippen molar-refractivity contribution in [3.05, 3.63) is 53.1 Å². The zero-order valence-electron chi connectivity index (χ0n) is 17.1. The fourth-order valence-corrected chi connectivity index (χ4v) is 4.36. The van der Waals surface area contributed by atoms with Gasteiger partial charge in [0, 0.05) is 0 Å². The van der Waals surface area contributed by atoms with Gasteiger partial charge in [-0.25, -0.2) is 8.42 Å². The predicted octanol–water partition coefficient (Wildman–Crippen LogP) is 2.72. The van der Waals surface area contributed by atoms with Gasteiger partial charge in [0.2, 0.25) is 15.9 Å². The van der Waals surface area contributed by atoms with Gasteiger partial charge in [-0.2, -0.15) is 0 Å². The molecule has 3 rings (SSSR count). The lowest BCUT2D eigenvalue weighted by Gasteiger charge is -2.26. The van der Waals surface area contributed by atoms with Gasteiger partial charge in [-0.3, -0.25) is 9.10 Å². The second kappa shape index (κ2) is 8.32. The van der Waals surface area contributed by atoms with Crippen molar-refractivity contribution in [1.82, 2.24) is 5.32 Å². The third kappa shape index (κ3) is 4.82. The highest BCUT2D eigenvalue weighted by Crippen LogP contribution is 2.32. The largest absolute Gasteiger partial charge is 0.486 e. The minimum absolute atomic E-state index is 0.292. The number of ether oxygens (including phenoxy) is 2. The van der Waals surface area contributed by atoms with Gasteiger partial charge in [-0.15, -0.1) is 0 Å². The number of fused-ring (bicyclic) bond motifs is 1. The summed E-state index contributed by atoms with van der Waals surface area (Å²) in [5.74, 6) is 0.931. The van der Waals surface area contributed by atoms with Gasteiger partial charge in [0.05, 0.1) is 18.0 Å². The molecule has 0 spiro atoms. The van der Waals surface area contributed by atoms with Crippen molar-refractivity contribution in [2.75, 3.05) is 30.3 Å². The first-order chi connectivity index (χ1) is 13.7. The quantitative estimate of drug-likeness (QED) is 0.780. The summed E-state index contributed by atoms with van der Waals surface area (Å²) in [4.78, 5) is 12.7. The van der Waals surface area contributed by atoms with Gasteiger partial charge in [0.25, 0.3) is 0 Å². The molecule has 0 unspecified atom stereocenters. The molecule has 0 aromatic heterocycles. The van der Waals surface area contributed by atoms with Crippen molar-refractivity contribution >= 4 is 21.6 Å². The van der Waals surface area contributed by atoms with Gasteiger partial charge < -0.3 is 14.8 Å². The molecular formula is C21H26N2O5S. The number of nitrogens with one attached hydrogen (secondary N) is 1. The van der Waals surface area contributed by atoms with Gasteiger partial charge in [0.15, 0.2) is 11.5 Å². The number of rotatable bonds is 6. The van der Waals surface area contributed by atoms with E-state index in [1.165, 1.54) is 0 Å². The maximum Gasteiger partial charge on any atom is 0.241 e. The number of para-hydroxylation sites is 1. The highest BCUT2D eigenvalue weighted by molar-refractivity contribution is 7.92. The van der Waals surface area contributed by atoms with Crippen LogP contribution in [0.2, 0.25) is 0 Å². The summed E-state index contributed by atoms with van der Waals surface area (Å²) in [6.45, 7) is 6.20. The van der Waals surface area contributed by atoms with Gasteiger partial charge in [-0.05, 0) is 49.6 Å². The lowest BCUT2D eigenvalue weighted by molar-refractivity contribution is -0.120. The van der Waals surface area contributed by atoms with Gasteiger partial charge in [0.1, 0.15) is 19.8 Å². The summed E-state index contributed by atoms with van der Waals surface area (Å²) in [6.07, 6.45) is 1.11. The van der Waals surface area contributed by atoms with Crippen molar-refractivity contribution in [3.63, 3.8) is 0 Å². The standard InChI is InChI=1S/C21H26N2O5S/c1-14-6-5-7-15(2)21(14)23(29(4,25)26)13-20(24)22-16(3)17-8-9-18-19(12-17)28-11-10-27-18/h5-9,12,16H,10-11,13H2,1-4H3,(H,22,24)/t16-/m0/s1. The summed E-state index contributed by atoms with van der Waals surface area (Å²) in [6, 6.07) is 10.7. The molecule has 7 nitrogen and oxygen atoms in total. The van der Waals surface area contributed by atoms with E-state index in [1.807, 2.05) is 57.2 Å². The van der Waals surface area contributed by atoms with Crippen LogP contribution in [0.15, 0.2) is 36.4 Å². The number of carbonyl (C=O) groups excluding carboxylic acids is 1. The summed E-state index contributed by atoms with van der Waals surface area (Å²) >= 11 is 0. The average molecular weight is 419 g/mol. The van der Waals surface area contributed by atoms with Crippen molar-refractivity contribution in [1.29, 1.82) is 0 Å². The summed E-state index contributed by atoms with van der Waals surface area (Å²) in [7, 11) is -3.63. The van der Waals surface area contributed by atoms with Crippen LogP contribution < -0.4 is 19.1 Å². The molecule has 1 aliphatic heterocycles. The molecule has 1 aliphatic rings. The molecule has 0 radical (unpaired) electrons. The monoisotopic (exact) mass is 418 g/mol. The maximum atomic E-state index is 12.7. The molecule has 2 aromatic carbocycles. The first kappa shape index (κ1) is 21.0. The topological polar surface area (TPSA) is 84.9 Å². The molecule has 8 heteroatoms.